The maximum Gasteiger partial charge on any atom is 0.141 e. The standard InChI is InChI=1S/C14H12N2O/c1-9-4-2-5-10(8-9)13-11-6-3-7-12(17)14(11)16-15-13/h2-8,17H,1H3,(H,15,16). The van der Waals surface area contributed by atoms with Crippen LogP contribution < -0.4 is 0 Å². The number of aromatic nitrogens is 2. The van der Waals surface area contributed by atoms with Gasteiger partial charge in [0.2, 0.25) is 0 Å². The van der Waals surface area contributed by atoms with E-state index in [1.54, 1.807) is 6.07 Å². The Balaban J connectivity index is 2.28. The van der Waals surface area contributed by atoms with Crippen LogP contribution in [0.3, 0.4) is 0 Å². The monoisotopic (exact) mass is 224 g/mol. The van der Waals surface area contributed by atoms with Gasteiger partial charge in [-0.15, -0.1) is 0 Å². The molecule has 0 aliphatic carbocycles. The number of aromatic hydroxyl groups is 1. The maximum absolute atomic E-state index is 9.71. The average Bonchev–Trinajstić information content (AvgIpc) is 2.74. The van der Waals surface area contributed by atoms with Crippen LogP contribution in [0.1, 0.15) is 5.56 Å². The van der Waals surface area contributed by atoms with Crippen LogP contribution >= 0.6 is 0 Å². The molecule has 0 spiro atoms. The second-order valence-electron chi connectivity index (χ2n) is 4.14. The van der Waals surface area contributed by atoms with Crippen molar-refractivity contribution in [2.45, 2.75) is 6.92 Å². The summed E-state index contributed by atoms with van der Waals surface area (Å²) in [6.07, 6.45) is 0. The predicted octanol–water partition coefficient (Wildman–Crippen LogP) is 3.24. The first-order valence-corrected chi connectivity index (χ1v) is 5.49. The average molecular weight is 224 g/mol. The van der Waals surface area contributed by atoms with Gasteiger partial charge in [-0.3, -0.25) is 5.10 Å². The molecule has 1 heterocycles. The third-order valence-corrected chi connectivity index (χ3v) is 2.87. The minimum Gasteiger partial charge on any atom is -0.506 e. The summed E-state index contributed by atoms with van der Waals surface area (Å²) in [5, 5.41) is 17.8. The highest BCUT2D eigenvalue weighted by Crippen LogP contribution is 2.30. The number of fused-ring (bicyclic) bond motifs is 1. The number of rotatable bonds is 1. The molecule has 0 aliphatic rings. The van der Waals surface area contributed by atoms with Gasteiger partial charge in [-0.05, 0) is 19.1 Å². The Hall–Kier alpha value is -2.29. The van der Waals surface area contributed by atoms with Crippen LogP contribution in [0.4, 0.5) is 0 Å². The first-order valence-electron chi connectivity index (χ1n) is 5.49. The number of hydrogen-bond acceptors (Lipinski definition) is 2. The van der Waals surface area contributed by atoms with E-state index in [-0.39, 0.29) is 5.75 Å². The lowest BCUT2D eigenvalue weighted by Crippen LogP contribution is -1.80. The third-order valence-electron chi connectivity index (χ3n) is 2.87. The number of nitrogens with zero attached hydrogens (tertiary/aromatic N) is 1. The second-order valence-corrected chi connectivity index (χ2v) is 4.14. The summed E-state index contributed by atoms with van der Waals surface area (Å²) in [6, 6.07) is 13.6. The summed E-state index contributed by atoms with van der Waals surface area (Å²) in [7, 11) is 0. The fourth-order valence-electron chi connectivity index (χ4n) is 2.04. The van der Waals surface area contributed by atoms with Gasteiger partial charge in [-0.1, -0.05) is 35.9 Å². The van der Waals surface area contributed by atoms with Gasteiger partial charge in [0.25, 0.3) is 0 Å². The number of phenolic OH excluding ortho intramolecular Hbond substituents is 1. The van der Waals surface area contributed by atoms with E-state index in [4.69, 9.17) is 0 Å². The van der Waals surface area contributed by atoms with Crippen LogP contribution in [-0.4, -0.2) is 15.3 Å². The lowest BCUT2D eigenvalue weighted by molar-refractivity contribution is 0.480. The van der Waals surface area contributed by atoms with Crippen molar-refractivity contribution in [2.75, 3.05) is 0 Å². The van der Waals surface area contributed by atoms with Crippen molar-refractivity contribution < 1.29 is 5.11 Å². The summed E-state index contributed by atoms with van der Waals surface area (Å²) >= 11 is 0. The highest BCUT2D eigenvalue weighted by molar-refractivity contribution is 5.95. The Morgan fingerprint density at radius 3 is 2.76 bits per heavy atom. The van der Waals surface area contributed by atoms with Gasteiger partial charge >= 0.3 is 0 Å². The van der Waals surface area contributed by atoms with Gasteiger partial charge in [0.05, 0.1) is 0 Å². The minimum atomic E-state index is 0.230. The number of para-hydroxylation sites is 1. The van der Waals surface area contributed by atoms with Crippen LogP contribution in [0.5, 0.6) is 5.75 Å². The molecule has 3 nitrogen and oxygen atoms in total. The molecule has 1 aromatic heterocycles. The van der Waals surface area contributed by atoms with Gasteiger partial charge in [0.15, 0.2) is 0 Å². The Morgan fingerprint density at radius 2 is 1.94 bits per heavy atom. The Kier molecular flexibility index (Phi) is 2.11. The van der Waals surface area contributed by atoms with Crippen molar-refractivity contribution in [3.63, 3.8) is 0 Å². The first-order chi connectivity index (χ1) is 8.25. The van der Waals surface area contributed by atoms with E-state index in [0.717, 1.165) is 16.6 Å². The van der Waals surface area contributed by atoms with Crippen LogP contribution in [0.15, 0.2) is 42.5 Å². The quantitative estimate of drug-likeness (QED) is 0.666. The van der Waals surface area contributed by atoms with Crippen molar-refractivity contribution in [3.8, 4) is 17.0 Å². The molecule has 3 aromatic rings. The Morgan fingerprint density at radius 1 is 1.12 bits per heavy atom. The van der Waals surface area contributed by atoms with E-state index in [9.17, 15) is 5.11 Å². The second kappa shape index (κ2) is 3.63. The topological polar surface area (TPSA) is 48.9 Å². The fraction of sp³-hybridized carbons (Fsp3) is 0.0714. The number of benzene rings is 2. The predicted molar refractivity (Wildman–Crippen MR) is 67.9 cm³/mol. The molecule has 84 valence electrons. The zero-order valence-electron chi connectivity index (χ0n) is 9.44. The molecule has 3 rings (SSSR count). The Bertz CT molecular complexity index is 686. The van der Waals surface area contributed by atoms with Crippen LogP contribution in [0, 0.1) is 6.92 Å². The Labute approximate surface area is 98.7 Å². The number of aryl methyl sites for hydroxylation is 1. The zero-order chi connectivity index (χ0) is 11.8. The molecule has 0 amide bonds. The third kappa shape index (κ3) is 1.56. The lowest BCUT2D eigenvalue weighted by Gasteiger charge is -1.99. The summed E-state index contributed by atoms with van der Waals surface area (Å²) in [6.45, 7) is 2.05. The van der Waals surface area contributed by atoms with E-state index < -0.39 is 0 Å². The molecule has 0 saturated heterocycles. The molecule has 0 saturated carbocycles. The highest BCUT2D eigenvalue weighted by atomic mass is 16.3. The van der Waals surface area contributed by atoms with Crippen molar-refractivity contribution in [3.05, 3.63) is 48.0 Å². The molecule has 17 heavy (non-hydrogen) atoms. The zero-order valence-corrected chi connectivity index (χ0v) is 9.44. The van der Waals surface area contributed by atoms with Gasteiger partial charge in [-0.2, -0.15) is 5.10 Å². The number of hydrogen-bond donors (Lipinski definition) is 2. The van der Waals surface area contributed by atoms with Crippen molar-refractivity contribution in [2.24, 2.45) is 0 Å². The van der Waals surface area contributed by atoms with E-state index in [1.807, 2.05) is 24.3 Å². The van der Waals surface area contributed by atoms with Gasteiger partial charge in [0.1, 0.15) is 17.0 Å². The summed E-state index contributed by atoms with van der Waals surface area (Å²) in [4.78, 5) is 0. The molecule has 0 fully saturated rings. The van der Waals surface area contributed by atoms with E-state index in [0.29, 0.717) is 5.52 Å². The molecule has 3 heteroatoms. The molecule has 2 aromatic carbocycles. The summed E-state index contributed by atoms with van der Waals surface area (Å²) < 4.78 is 0. The minimum absolute atomic E-state index is 0.230. The smallest absolute Gasteiger partial charge is 0.141 e. The van der Waals surface area contributed by atoms with E-state index in [1.165, 1.54) is 5.56 Å². The van der Waals surface area contributed by atoms with Crippen LogP contribution in [0.25, 0.3) is 22.2 Å². The molecular formula is C14H12N2O. The largest absolute Gasteiger partial charge is 0.506 e. The number of nitrogens with one attached hydrogen (secondary N) is 1. The summed E-state index contributed by atoms with van der Waals surface area (Å²) in [5.74, 6) is 0.230. The lowest BCUT2D eigenvalue weighted by atomic mass is 10.1. The molecular weight excluding hydrogens is 212 g/mol. The summed E-state index contributed by atoms with van der Waals surface area (Å²) in [5.41, 5.74) is 3.81. The molecule has 0 unspecified atom stereocenters. The van der Waals surface area contributed by atoms with E-state index in [2.05, 4.69) is 29.3 Å². The number of H-pyrrole nitrogens is 1. The molecule has 0 radical (unpaired) electrons. The number of aromatic amines is 1. The van der Waals surface area contributed by atoms with Crippen LogP contribution in [0.2, 0.25) is 0 Å². The first kappa shape index (κ1) is 9.90. The van der Waals surface area contributed by atoms with Crippen LogP contribution in [-0.2, 0) is 0 Å². The molecule has 0 aliphatic heterocycles. The van der Waals surface area contributed by atoms with Crippen molar-refractivity contribution in [1.82, 2.24) is 10.2 Å². The molecule has 2 N–H and O–H groups in total. The fourth-order valence-corrected chi connectivity index (χ4v) is 2.04. The van der Waals surface area contributed by atoms with Gasteiger partial charge < -0.3 is 5.11 Å². The van der Waals surface area contributed by atoms with Gasteiger partial charge in [-0.25, -0.2) is 0 Å². The highest BCUT2D eigenvalue weighted by Gasteiger charge is 2.09. The van der Waals surface area contributed by atoms with Gasteiger partial charge in [0, 0.05) is 10.9 Å². The SMILES string of the molecule is Cc1cccc(-c2n[nH]c3c(O)cccc23)c1. The van der Waals surface area contributed by atoms with E-state index >= 15 is 0 Å². The number of phenols is 1. The molecule has 0 bridgehead atoms. The van der Waals surface area contributed by atoms with Crippen molar-refractivity contribution in [1.29, 1.82) is 0 Å². The maximum atomic E-state index is 9.71. The van der Waals surface area contributed by atoms with Crippen molar-refractivity contribution >= 4 is 10.9 Å². The normalized spacial score (nSPS) is 10.9. The molecule has 0 atom stereocenters.